The first-order chi connectivity index (χ1) is 12.9. The van der Waals surface area contributed by atoms with Crippen molar-refractivity contribution in [2.75, 3.05) is 0 Å². The molecule has 3 atom stereocenters. The first-order valence-electron chi connectivity index (χ1n) is 11.4. The molecule has 138 valence electrons. The molecule has 0 radical (unpaired) electrons. The Morgan fingerprint density at radius 3 is 2.35 bits per heavy atom. The summed E-state index contributed by atoms with van der Waals surface area (Å²) in [7, 11) is 0. The molecule has 4 aliphatic rings. The van der Waals surface area contributed by atoms with E-state index in [2.05, 4.69) is 36.4 Å². The van der Waals surface area contributed by atoms with Crippen molar-refractivity contribution in [1.29, 1.82) is 0 Å². The van der Waals surface area contributed by atoms with Crippen LogP contribution in [-0.4, -0.2) is 0 Å². The Bertz CT molecular complexity index is 686. The summed E-state index contributed by atoms with van der Waals surface area (Å²) in [6, 6.07) is 11.5. The molecule has 3 unspecified atom stereocenters. The van der Waals surface area contributed by atoms with Crippen LogP contribution in [0.5, 0.6) is 0 Å². The van der Waals surface area contributed by atoms with Crippen molar-refractivity contribution < 1.29 is 0 Å². The molecule has 0 saturated heterocycles. The summed E-state index contributed by atoms with van der Waals surface area (Å²) in [5, 5.41) is 0. The van der Waals surface area contributed by atoms with Gasteiger partial charge in [0.2, 0.25) is 0 Å². The molecule has 0 nitrogen and oxygen atoms in total. The average molecular weight is 347 g/mol. The average Bonchev–Trinajstić information content (AvgIpc) is 3.10. The van der Waals surface area contributed by atoms with E-state index in [1.54, 1.807) is 11.1 Å². The van der Waals surface area contributed by atoms with Crippen molar-refractivity contribution in [1.82, 2.24) is 0 Å². The zero-order valence-corrected chi connectivity index (χ0v) is 16.3. The summed E-state index contributed by atoms with van der Waals surface area (Å²) >= 11 is 0. The monoisotopic (exact) mass is 346 g/mol. The number of hydrogen-bond donors (Lipinski definition) is 0. The highest BCUT2D eigenvalue weighted by Gasteiger charge is 2.41. The highest BCUT2D eigenvalue weighted by atomic mass is 14.5. The van der Waals surface area contributed by atoms with Gasteiger partial charge in [0.1, 0.15) is 0 Å². The first kappa shape index (κ1) is 16.8. The van der Waals surface area contributed by atoms with Crippen LogP contribution in [0, 0.1) is 23.7 Å². The van der Waals surface area contributed by atoms with E-state index in [0.29, 0.717) is 0 Å². The van der Waals surface area contributed by atoms with Crippen LogP contribution in [0.4, 0.5) is 0 Å². The molecular formula is C26H34. The smallest absolute Gasteiger partial charge is 0.0128 e. The van der Waals surface area contributed by atoms with Gasteiger partial charge in [-0.1, -0.05) is 68.5 Å². The first-order valence-corrected chi connectivity index (χ1v) is 11.4. The zero-order chi connectivity index (χ0) is 17.3. The van der Waals surface area contributed by atoms with E-state index in [-0.39, 0.29) is 0 Å². The molecule has 0 heterocycles. The molecule has 26 heavy (non-hydrogen) atoms. The highest BCUT2D eigenvalue weighted by molar-refractivity contribution is 5.75. The minimum atomic E-state index is 0.809. The number of benzene rings is 1. The SMILES string of the molecule is C1=C2C(=C(c3ccccc3)C3CCCCC3)CCCC2C2CCCCC12. The third kappa shape index (κ3) is 3.00. The molecule has 0 heteroatoms. The van der Waals surface area contributed by atoms with Gasteiger partial charge < -0.3 is 0 Å². The molecular weight excluding hydrogens is 312 g/mol. The lowest BCUT2D eigenvalue weighted by atomic mass is 9.69. The lowest BCUT2D eigenvalue weighted by molar-refractivity contribution is 0.228. The molecule has 1 aromatic rings. The van der Waals surface area contributed by atoms with Gasteiger partial charge in [-0.2, -0.15) is 0 Å². The fourth-order valence-electron chi connectivity index (χ4n) is 6.77. The topological polar surface area (TPSA) is 0 Å². The summed E-state index contributed by atoms with van der Waals surface area (Å²) in [5.41, 5.74) is 6.91. The predicted molar refractivity (Wildman–Crippen MR) is 111 cm³/mol. The molecule has 3 fully saturated rings. The van der Waals surface area contributed by atoms with Gasteiger partial charge in [0.25, 0.3) is 0 Å². The molecule has 5 rings (SSSR count). The number of rotatable bonds is 2. The van der Waals surface area contributed by atoms with Crippen molar-refractivity contribution >= 4 is 5.57 Å². The quantitative estimate of drug-likeness (QED) is 0.518. The molecule has 0 spiro atoms. The fraction of sp³-hybridized carbons (Fsp3) is 0.615. The summed E-state index contributed by atoms with van der Waals surface area (Å²) in [5.74, 6) is 3.59. The molecule has 0 N–H and O–H groups in total. The van der Waals surface area contributed by atoms with Crippen LogP contribution in [-0.2, 0) is 0 Å². The maximum atomic E-state index is 2.77. The Balaban J connectivity index is 1.59. The molecule has 1 aromatic carbocycles. The Kier molecular flexibility index (Phi) is 4.78. The summed E-state index contributed by atoms with van der Waals surface area (Å²) < 4.78 is 0. The van der Waals surface area contributed by atoms with Gasteiger partial charge >= 0.3 is 0 Å². The summed E-state index contributed by atoms with van der Waals surface area (Å²) in [6.45, 7) is 0. The molecule has 3 saturated carbocycles. The van der Waals surface area contributed by atoms with Crippen molar-refractivity contribution in [2.45, 2.75) is 77.0 Å². The summed E-state index contributed by atoms with van der Waals surface area (Å²) in [6.07, 6.45) is 20.0. The van der Waals surface area contributed by atoms with E-state index in [4.69, 9.17) is 0 Å². The van der Waals surface area contributed by atoms with E-state index in [9.17, 15) is 0 Å². The molecule has 0 aliphatic heterocycles. The minimum absolute atomic E-state index is 0.809. The van der Waals surface area contributed by atoms with Crippen molar-refractivity contribution in [2.24, 2.45) is 23.7 Å². The highest BCUT2D eigenvalue weighted by Crippen LogP contribution is 2.54. The number of hydrogen-bond acceptors (Lipinski definition) is 0. The normalized spacial score (nSPS) is 34.0. The molecule has 0 bridgehead atoms. The van der Waals surface area contributed by atoms with Gasteiger partial charge in [-0.05, 0) is 90.9 Å². The number of fused-ring (bicyclic) bond motifs is 3. The standard InChI is InChI=1S/C26H34/c1-3-10-19(11-4-1)26(20-12-5-2-6-13-20)24-17-9-16-23-22-15-8-7-14-21(22)18-25(23)24/h1,3-4,10-11,18,20-23H,2,5-9,12-17H2. The van der Waals surface area contributed by atoms with Gasteiger partial charge in [0, 0.05) is 0 Å². The number of allylic oxidation sites excluding steroid dienone is 4. The Labute approximate surface area is 159 Å². The second kappa shape index (κ2) is 7.37. The third-order valence-electron chi connectivity index (χ3n) is 7.90. The van der Waals surface area contributed by atoms with Gasteiger partial charge in [0.15, 0.2) is 0 Å². The molecule has 4 aliphatic carbocycles. The van der Waals surface area contributed by atoms with Crippen LogP contribution in [0.1, 0.15) is 82.6 Å². The largest absolute Gasteiger partial charge is 0.0773 e. The van der Waals surface area contributed by atoms with Crippen molar-refractivity contribution in [3.05, 3.63) is 53.1 Å². The van der Waals surface area contributed by atoms with E-state index in [0.717, 1.165) is 23.7 Å². The van der Waals surface area contributed by atoms with Gasteiger partial charge in [0.05, 0.1) is 0 Å². The lowest BCUT2D eigenvalue weighted by Gasteiger charge is -2.36. The van der Waals surface area contributed by atoms with Crippen LogP contribution in [0.3, 0.4) is 0 Å². The third-order valence-corrected chi connectivity index (χ3v) is 7.90. The van der Waals surface area contributed by atoms with E-state index < -0.39 is 0 Å². The lowest BCUT2D eigenvalue weighted by Crippen LogP contribution is -2.24. The zero-order valence-electron chi connectivity index (χ0n) is 16.3. The maximum Gasteiger partial charge on any atom is -0.0128 e. The van der Waals surface area contributed by atoms with Crippen LogP contribution < -0.4 is 0 Å². The van der Waals surface area contributed by atoms with E-state index in [1.807, 2.05) is 5.57 Å². The van der Waals surface area contributed by atoms with Crippen LogP contribution in [0.25, 0.3) is 5.57 Å². The van der Waals surface area contributed by atoms with E-state index in [1.165, 1.54) is 82.6 Å². The predicted octanol–water partition coefficient (Wildman–Crippen LogP) is 7.57. The Morgan fingerprint density at radius 2 is 1.50 bits per heavy atom. The Morgan fingerprint density at radius 1 is 0.731 bits per heavy atom. The van der Waals surface area contributed by atoms with Crippen molar-refractivity contribution in [3.8, 4) is 0 Å². The van der Waals surface area contributed by atoms with Crippen LogP contribution in [0.2, 0.25) is 0 Å². The summed E-state index contributed by atoms with van der Waals surface area (Å²) in [4.78, 5) is 0. The second-order valence-corrected chi connectivity index (χ2v) is 9.33. The second-order valence-electron chi connectivity index (χ2n) is 9.33. The minimum Gasteiger partial charge on any atom is -0.0773 e. The van der Waals surface area contributed by atoms with Gasteiger partial charge in [-0.25, -0.2) is 0 Å². The van der Waals surface area contributed by atoms with Crippen LogP contribution in [0.15, 0.2) is 47.6 Å². The Hall–Kier alpha value is -1.30. The van der Waals surface area contributed by atoms with Crippen LogP contribution >= 0.6 is 0 Å². The van der Waals surface area contributed by atoms with Gasteiger partial charge in [-0.15, -0.1) is 0 Å². The molecule has 0 aromatic heterocycles. The molecule has 0 amide bonds. The van der Waals surface area contributed by atoms with Crippen molar-refractivity contribution in [3.63, 3.8) is 0 Å². The van der Waals surface area contributed by atoms with E-state index >= 15 is 0 Å². The maximum absolute atomic E-state index is 2.77. The van der Waals surface area contributed by atoms with Gasteiger partial charge in [-0.3, -0.25) is 0 Å². The fourth-order valence-corrected chi connectivity index (χ4v) is 6.77.